The molecule has 0 aliphatic heterocycles. The van der Waals surface area contributed by atoms with Crippen molar-refractivity contribution in [3.05, 3.63) is 78.4 Å². The van der Waals surface area contributed by atoms with E-state index in [1.807, 2.05) is 23.5 Å². The topological polar surface area (TPSA) is 56.3 Å². The first-order valence-electron chi connectivity index (χ1n) is 13.5. The minimum atomic E-state index is 0.0277. The van der Waals surface area contributed by atoms with Gasteiger partial charge in [0.15, 0.2) is 0 Å². The van der Waals surface area contributed by atoms with E-state index in [2.05, 4.69) is 21.8 Å². The van der Waals surface area contributed by atoms with Gasteiger partial charge in [-0.25, -0.2) is 20.2 Å². The number of thiophene rings is 3. The average Bonchev–Trinajstić information content (AvgIpc) is 3.76. The van der Waals surface area contributed by atoms with Crippen molar-refractivity contribution in [3.63, 3.8) is 0 Å². The van der Waals surface area contributed by atoms with Crippen LogP contribution in [0.15, 0.2) is 23.5 Å². The standard InChI is InChI=1S/C32H24N4S3/c1-35-19(17-33)13-21-15-23-27(37-21)29-25(31(23)9-5-3-6-10-31)26-30(39-29)28-24(32(26)11-7-4-8-12-32)16-22(38-28)14-20(18-34)36-2/h13-16H,3-12H2/b19-13-,20-14+. The van der Waals surface area contributed by atoms with Gasteiger partial charge in [0.25, 0.3) is 11.4 Å². The first-order chi connectivity index (χ1) is 19.1. The number of fused-ring (bicyclic) bond motifs is 11. The summed E-state index contributed by atoms with van der Waals surface area (Å²) in [4.78, 5) is 14.4. The highest BCUT2D eigenvalue weighted by molar-refractivity contribution is 7.27. The Morgan fingerprint density at radius 3 is 1.44 bits per heavy atom. The van der Waals surface area contributed by atoms with Crippen molar-refractivity contribution in [1.82, 2.24) is 0 Å². The molecule has 3 heterocycles. The smallest absolute Gasteiger partial charge is 0.227 e. The normalized spacial score (nSPS) is 19.9. The lowest BCUT2D eigenvalue weighted by Crippen LogP contribution is -2.34. The molecular formula is C32H24N4S3. The highest BCUT2D eigenvalue weighted by atomic mass is 32.1. The Morgan fingerprint density at radius 1 is 0.667 bits per heavy atom. The lowest BCUT2D eigenvalue weighted by Gasteiger charge is -2.41. The Bertz CT molecular complexity index is 1610. The Labute approximate surface area is 240 Å². The Morgan fingerprint density at radius 2 is 1.08 bits per heavy atom. The van der Waals surface area contributed by atoms with Crippen molar-refractivity contribution in [2.24, 2.45) is 0 Å². The van der Waals surface area contributed by atoms with E-state index in [1.54, 1.807) is 46.0 Å². The average molecular weight is 561 g/mol. The van der Waals surface area contributed by atoms with Crippen LogP contribution >= 0.6 is 34.0 Å². The van der Waals surface area contributed by atoms with Crippen molar-refractivity contribution >= 4 is 46.2 Å². The van der Waals surface area contributed by atoms with Gasteiger partial charge in [-0.05, 0) is 72.2 Å². The molecule has 0 aromatic carbocycles. The predicted molar refractivity (Wildman–Crippen MR) is 159 cm³/mol. The van der Waals surface area contributed by atoms with E-state index in [4.69, 9.17) is 13.1 Å². The summed E-state index contributed by atoms with van der Waals surface area (Å²) >= 11 is 5.44. The van der Waals surface area contributed by atoms with Crippen LogP contribution in [-0.4, -0.2) is 0 Å². The minimum absolute atomic E-state index is 0.0277. The molecule has 0 bridgehead atoms. The van der Waals surface area contributed by atoms with Gasteiger partial charge >= 0.3 is 0 Å². The summed E-state index contributed by atoms with van der Waals surface area (Å²) in [7, 11) is 0. The molecule has 39 heavy (non-hydrogen) atoms. The molecular weight excluding hydrogens is 537 g/mol. The van der Waals surface area contributed by atoms with Crippen molar-refractivity contribution in [2.75, 3.05) is 0 Å². The first kappa shape index (κ1) is 24.6. The molecule has 7 heteroatoms. The van der Waals surface area contributed by atoms with E-state index in [1.165, 1.54) is 69.2 Å². The summed E-state index contributed by atoms with van der Waals surface area (Å²) in [5.74, 6) is 0. The molecule has 3 aromatic rings. The maximum Gasteiger partial charge on any atom is 0.263 e. The molecule has 4 nitrogen and oxygen atoms in total. The molecule has 0 N–H and O–H groups in total. The molecule has 0 amide bonds. The van der Waals surface area contributed by atoms with Crippen molar-refractivity contribution in [2.45, 2.75) is 75.0 Å². The number of nitriles is 2. The molecule has 4 aliphatic rings. The van der Waals surface area contributed by atoms with Gasteiger partial charge in [-0.15, -0.1) is 34.0 Å². The molecule has 0 atom stereocenters. The van der Waals surface area contributed by atoms with Gasteiger partial charge in [0.05, 0.1) is 25.3 Å². The second-order valence-electron chi connectivity index (χ2n) is 11.1. The molecule has 7 rings (SSSR count). The van der Waals surface area contributed by atoms with E-state index >= 15 is 0 Å². The second-order valence-corrected chi connectivity index (χ2v) is 14.3. The van der Waals surface area contributed by atoms with Crippen LogP contribution in [0, 0.1) is 35.8 Å². The van der Waals surface area contributed by atoms with Crippen LogP contribution in [0.2, 0.25) is 0 Å². The van der Waals surface area contributed by atoms with Crippen LogP contribution in [0.4, 0.5) is 0 Å². The number of hydrogen-bond acceptors (Lipinski definition) is 5. The highest BCUT2D eigenvalue weighted by Crippen LogP contribution is 2.70. The highest BCUT2D eigenvalue weighted by Gasteiger charge is 2.56. The van der Waals surface area contributed by atoms with E-state index in [-0.39, 0.29) is 22.2 Å². The molecule has 3 aromatic heterocycles. The minimum Gasteiger partial charge on any atom is -0.227 e. The molecule has 0 saturated heterocycles. The van der Waals surface area contributed by atoms with Crippen LogP contribution in [0.25, 0.3) is 41.4 Å². The summed E-state index contributed by atoms with van der Waals surface area (Å²) in [6, 6.07) is 8.66. The summed E-state index contributed by atoms with van der Waals surface area (Å²) < 4.78 is 0. The fourth-order valence-electron chi connectivity index (χ4n) is 7.74. The number of allylic oxidation sites excluding steroid dienone is 2. The predicted octanol–water partition coefficient (Wildman–Crippen LogP) is 9.90. The zero-order valence-electron chi connectivity index (χ0n) is 21.4. The van der Waals surface area contributed by atoms with Gasteiger partial charge in [-0.3, -0.25) is 0 Å². The lowest BCUT2D eigenvalue weighted by atomic mass is 9.61. The fraction of sp³-hybridized carbons (Fsp3) is 0.375. The number of hydrogen-bond donors (Lipinski definition) is 0. The maximum absolute atomic E-state index is 9.37. The van der Waals surface area contributed by atoms with E-state index < -0.39 is 0 Å². The summed E-state index contributed by atoms with van der Waals surface area (Å²) in [6.45, 7) is 14.7. The van der Waals surface area contributed by atoms with Crippen LogP contribution < -0.4 is 0 Å². The van der Waals surface area contributed by atoms with Crippen LogP contribution in [0.3, 0.4) is 0 Å². The molecule has 2 spiro atoms. The Hall–Kier alpha value is -3.46. The first-order valence-corrected chi connectivity index (χ1v) is 16.0. The number of rotatable bonds is 2. The van der Waals surface area contributed by atoms with Crippen molar-refractivity contribution in [1.29, 1.82) is 10.5 Å². The van der Waals surface area contributed by atoms with Crippen LogP contribution in [0.1, 0.15) is 96.2 Å². The molecule has 0 radical (unpaired) electrons. The zero-order chi connectivity index (χ0) is 26.8. The molecule has 190 valence electrons. The molecule has 2 fully saturated rings. The summed E-state index contributed by atoms with van der Waals surface area (Å²) in [5.41, 5.74) is 6.41. The Kier molecular flexibility index (Phi) is 5.70. The third-order valence-electron chi connectivity index (χ3n) is 9.25. The third kappa shape index (κ3) is 3.35. The van der Waals surface area contributed by atoms with E-state index in [0.717, 1.165) is 35.4 Å². The molecule has 2 saturated carbocycles. The van der Waals surface area contributed by atoms with Gasteiger partial charge < -0.3 is 0 Å². The quantitative estimate of drug-likeness (QED) is 0.231. The third-order valence-corrected chi connectivity index (χ3v) is 12.9. The number of nitrogens with zero attached hydrogens (tertiary/aromatic N) is 4. The fourth-order valence-corrected chi connectivity index (χ4v) is 11.9. The van der Waals surface area contributed by atoms with Gasteiger partial charge in [0.2, 0.25) is 0 Å². The maximum atomic E-state index is 9.37. The molecule has 0 unspecified atom stereocenters. The van der Waals surface area contributed by atoms with Crippen LogP contribution in [0.5, 0.6) is 0 Å². The van der Waals surface area contributed by atoms with Gasteiger partial charge in [0, 0.05) is 40.1 Å². The SMILES string of the molecule is [C-]#[N+]/C(C#N)=C\c1cc2c(s1)-c1sc3c(c1C21CCCCC1)C1(CCCCC1)c1cc(/C=C(\C#N)[N+]#[C-])sc1-3. The largest absolute Gasteiger partial charge is 0.263 e. The zero-order valence-corrected chi connectivity index (χ0v) is 23.8. The summed E-state index contributed by atoms with van der Waals surface area (Å²) in [5, 5.41) is 18.7. The molecule has 4 aliphatic carbocycles. The summed E-state index contributed by atoms with van der Waals surface area (Å²) in [6.07, 6.45) is 15.7. The van der Waals surface area contributed by atoms with Gasteiger partial charge in [-0.1, -0.05) is 38.5 Å². The lowest BCUT2D eigenvalue weighted by molar-refractivity contribution is 0.326. The van der Waals surface area contributed by atoms with Crippen LogP contribution in [-0.2, 0) is 10.8 Å². The van der Waals surface area contributed by atoms with E-state index in [9.17, 15) is 10.5 Å². The van der Waals surface area contributed by atoms with E-state index in [0.29, 0.717) is 0 Å². The van der Waals surface area contributed by atoms with Crippen molar-refractivity contribution < 1.29 is 0 Å². The van der Waals surface area contributed by atoms with Gasteiger partial charge in [0.1, 0.15) is 0 Å². The van der Waals surface area contributed by atoms with Crippen molar-refractivity contribution in [3.8, 4) is 31.6 Å². The Balaban J connectivity index is 1.48. The monoisotopic (exact) mass is 560 g/mol. The van der Waals surface area contributed by atoms with Gasteiger partial charge in [-0.2, -0.15) is 0 Å². The second kappa shape index (κ2) is 9.05.